The Morgan fingerprint density at radius 1 is 1.42 bits per heavy atom. The minimum absolute atomic E-state index is 0.850. The molecule has 0 aromatic carbocycles. The summed E-state index contributed by atoms with van der Waals surface area (Å²) in [6.45, 7) is 7.00. The second-order valence-electron chi connectivity index (χ2n) is 4.51. The normalized spacial score (nSPS) is 31.2. The van der Waals surface area contributed by atoms with Crippen molar-refractivity contribution < 1.29 is 0 Å². The fourth-order valence-electron chi connectivity index (χ4n) is 2.16. The summed E-state index contributed by atoms with van der Waals surface area (Å²) in [6, 6.07) is 0. The van der Waals surface area contributed by atoms with E-state index in [-0.39, 0.29) is 0 Å². The van der Waals surface area contributed by atoms with Gasteiger partial charge in [0.1, 0.15) is 0 Å². The fourth-order valence-corrected chi connectivity index (χ4v) is 2.16. The van der Waals surface area contributed by atoms with Crippen molar-refractivity contribution in [3.63, 3.8) is 0 Å². The predicted octanol–water partition coefficient (Wildman–Crippen LogP) is 4.06. The average Bonchev–Trinajstić information content (AvgIpc) is 2.03. The maximum absolute atomic E-state index is 2.45. The van der Waals surface area contributed by atoms with Crippen molar-refractivity contribution in [3.05, 3.63) is 6.42 Å². The zero-order valence-electron chi connectivity index (χ0n) is 8.84. The van der Waals surface area contributed by atoms with Gasteiger partial charge in [-0.15, -0.1) is 0 Å². The summed E-state index contributed by atoms with van der Waals surface area (Å²) in [5.74, 6) is 2.94. The Balaban J connectivity index is 2.00. The molecule has 0 aromatic heterocycles. The highest BCUT2D eigenvalue weighted by atomic mass is 14.3. The van der Waals surface area contributed by atoms with Crippen molar-refractivity contribution in [1.29, 1.82) is 0 Å². The van der Waals surface area contributed by atoms with Gasteiger partial charge < -0.3 is 6.42 Å². The summed E-state index contributed by atoms with van der Waals surface area (Å²) >= 11 is 0. The molecule has 3 unspecified atom stereocenters. The van der Waals surface area contributed by atoms with Crippen LogP contribution in [0.15, 0.2) is 0 Å². The van der Waals surface area contributed by atoms with E-state index >= 15 is 0 Å². The minimum Gasteiger partial charge on any atom is -0.326 e. The molecule has 0 heteroatoms. The Kier molecular flexibility index (Phi) is 4.11. The number of rotatable bonds is 5. The molecule has 3 atom stereocenters. The lowest BCUT2D eigenvalue weighted by Gasteiger charge is -2.35. The third-order valence-electron chi connectivity index (χ3n) is 3.43. The van der Waals surface area contributed by atoms with Crippen LogP contribution in [0.2, 0.25) is 0 Å². The van der Waals surface area contributed by atoms with Crippen molar-refractivity contribution >= 4 is 0 Å². The molecule has 1 rings (SSSR count). The first-order chi connectivity index (χ1) is 5.74. The van der Waals surface area contributed by atoms with Crippen LogP contribution >= 0.6 is 0 Å². The van der Waals surface area contributed by atoms with E-state index in [4.69, 9.17) is 0 Å². The second kappa shape index (κ2) is 4.89. The maximum Gasteiger partial charge on any atom is -0.0389 e. The van der Waals surface area contributed by atoms with Crippen LogP contribution in [0.5, 0.6) is 0 Å². The molecule has 0 spiro atoms. The Morgan fingerprint density at radius 2 is 2.17 bits per heavy atom. The van der Waals surface area contributed by atoms with E-state index in [1.807, 2.05) is 0 Å². The molecule has 0 amide bonds. The standard InChI is InChI=1S/C12H23/c1-4-5-10(2)6-8-12-9-7-11(12)3/h5,10-12H,4,6-9H2,1-3H3/q-1. The van der Waals surface area contributed by atoms with Gasteiger partial charge in [0.15, 0.2) is 0 Å². The van der Waals surface area contributed by atoms with Gasteiger partial charge in [0.2, 0.25) is 0 Å². The van der Waals surface area contributed by atoms with Crippen LogP contribution in [0.25, 0.3) is 0 Å². The van der Waals surface area contributed by atoms with Gasteiger partial charge in [-0.2, -0.15) is 12.3 Å². The molecule has 0 saturated heterocycles. The highest BCUT2D eigenvalue weighted by Crippen LogP contribution is 2.37. The molecule has 12 heavy (non-hydrogen) atoms. The third-order valence-corrected chi connectivity index (χ3v) is 3.43. The Hall–Kier alpha value is 0. The number of hydrogen-bond acceptors (Lipinski definition) is 0. The minimum atomic E-state index is 0.850. The molecular weight excluding hydrogens is 144 g/mol. The molecule has 0 heterocycles. The van der Waals surface area contributed by atoms with E-state index in [0.29, 0.717) is 0 Å². The van der Waals surface area contributed by atoms with Gasteiger partial charge >= 0.3 is 0 Å². The third kappa shape index (κ3) is 2.80. The van der Waals surface area contributed by atoms with E-state index in [1.165, 1.54) is 32.1 Å². The Morgan fingerprint density at radius 3 is 2.58 bits per heavy atom. The molecule has 1 aliphatic rings. The molecule has 1 saturated carbocycles. The fraction of sp³-hybridized carbons (Fsp3) is 0.917. The van der Waals surface area contributed by atoms with Gasteiger partial charge in [-0.3, -0.25) is 0 Å². The van der Waals surface area contributed by atoms with Crippen LogP contribution < -0.4 is 0 Å². The molecule has 1 aliphatic carbocycles. The van der Waals surface area contributed by atoms with Crippen LogP contribution in [0.4, 0.5) is 0 Å². The molecule has 0 nitrogen and oxygen atoms in total. The highest BCUT2D eigenvalue weighted by Gasteiger charge is 2.25. The van der Waals surface area contributed by atoms with Crippen LogP contribution in [0, 0.1) is 24.2 Å². The lowest BCUT2D eigenvalue weighted by atomic mass is 9.72. The van der Waals surface area contributed by atoms with Gasteiger partial charge in [0.25, 0.3) is 0 Å². The molecule has 72 valence electrons. The van der Waals surface area contributed by atoms with Crippen LogP contribution in [-0.4, -0.2) is 0 Å². The first-order valence-corrected chi connectivity index (χ1v) is 5.57. The second-order valence-corrected chi connectivity index (χ2v) is 4.51. The highest BCUT2D eigenvalue weighted by molar-refractivity contribution is 4.79. The van der Waals surface area contributed by atoms with E-state index in [2.05, 4.69) is 27.2 Å². The van der Waals surface area contributed by atoms with E-state index < -0.39 is 0 Å². The van der Waals surface area contributed by atoms with E-state index in [1.54, 1.807) is 0 Å². The maximum atomic E-state index is 2.45. The molecule has 0 N–H and O–H groups in total. The zero-order chi connectivity index (χ0) is 8.97. The molecule has 0 aliphatic heterocycles. The monoisotopic (exact) mass is 167 g/mol. The zero-order valence-corrected chi connectivity index (χ0v) is 8.84. The average molecular weight is 167 g/mol. The Labute approximate surface area is 77.7 Å². The van der Waals surface area contributed by atoms with Crippen molar-refractivity contribution in [2.75, 3.05) is 0 Å². The summed E-state index contributed by atoms with van der Waals surface area (Å²) in [4.78, 5) is 0. The Bertz CT molecular complexity index is 117. The van der Waals surface area contributed by atoms with Crippen molar-refractivity contribution in [3.8, 4) is 0 Å². The topological polar surface area (TPSA) is 0 Å². The van der Waals surface area contributed by atoms with Gasteiger partial charge in [-0.25, -0.2) is 0 Å². The SMILES string of the molecule is CC[CH-]C(C)CCC1CCC1C. The van der Waals surface area contributed by atoms with E-state index in [9.17, 15) is 0 Å². The molecule has 0 aromatic rings. The lowest BCUT2D eigenvalue weighted by molar-refractivity contribution is 0.174. The van der Waals surface area contributed by atoms with Crippen molar-refractivity contribution in [1.82, 2.24) is 0 Å². The van der Waals surface area contributed by atoms with Crippen molar-refractivity contribution in [2.24, 2.45) is 17.8 Å². The van der Waals surface area contributed by atoms with Crippen LogP contribution in [0.3, 0.4) is 0 Å². The summed E-state index contributed by atoms with van der Waals surface area (Å²) in [6.07, 6.45) is 9.56. The summed E-state index contributed by atoms with van der Waals surface area (Å²) in [5, 5.41) is 0. The molecular formula is C12H23-. The molecule has 0 bridgehead atoms. The summed E-state index contributed by atoms with van der Waals surface area (Å²) in [5.41, 5.74) is 0. The van der Waals surface area contributed by atoms with Crippen LogP contribution in [0.1, 0.15) is 52.9 Å². The predicted molar refractivity (Wildman–Crippen MR) is 54.9 cm³/mol. The smallest absolute Gasteiger partial charge is 0.0389 e. The molecule has 1 fully saturated rings. The summed E-state index contributed by atoms with van der Waals surface area (Å²) in [7, 11) is 0. The van der Waals surface area contributed by atoms with Crippen molar-refractivity contribution in [2.45, 2.75) is 52.9 Å². The van der Waals surface area contributed by atoms with Gasteiger partial charge in [0.05, 0.1) is 0 Å². The van der Waals surface area contributed by atoms with E-state index in [0.717, 1.165) is 17.8 Å². The first-order valence-electron chi connectivity index (χ1n) is 5.57. The molecule has 0 radical (unpaired) electrons. The largest absolute Gasteiger partial charge is 0.326 e. The van der Waals surface area contributed by atoms with Gasteiger partial charge in [0, 0.05) is 0 Å². The van der Waals surface area contributed by atoms with Gasteiger partial charge in [-0.1, -0.05) is 40.0 Å². The lowest BCUT2D eigenvalue weighted by Crippen LogP contribution is -2.23. The summed E-state index contributed by atoms with van der Waals surface area (Å²) < 4.78 is 0. The van der Waals surface area contributed by atoms with Crippen LogP contribution in [-0.2, 0) is 0 Å². The first kappa shape index (κ1) is 10.1. The quantitative estimate of drug-likeness (QED) is 0.542. The van der Waals surface area contributed by atoms with Gasteiger partial charge in [-0.05, 0) is 18.3 Å². The number of hydrogen-bond donors (Lipinski definition) is 0.